The number of nitrogens with zero attached hydrogens (tertiary/aromatic N) is 2. The monoisotopic (exact) mass is 397 g/mol. The quantitative estimate of drug-likeness (QED) is 0.621. The molecule has 1 heterocycles. The van der Waals surface area contributed by atoms with Crippen LogP contribution in [0, 0.1) is 0 Å². The van der Waals surface area contributed by atoms with Gasteiger partial charge in [-0.2, -0.15) is 8.78 Å². The predicted octanol–water partition coefficient (Wildman–Crippen LogP) is 4.70. The number of ether oxygens (including phenoxy) is 2. The second-order valence-corrected chi connectivity index (χ2v) is 6.58. The van der Waals surface area contributed by atoms with E-state index in [1.54, 1.807) is 6.07 Å². The zero-order valence-electron chi connectivity index (χ0n) is 15.2. The first kappa shape index (κ1) is 20.8. The largest absolute Gasteiger partial charge is 0.493 e. The molecule has 0 aliphatic rings. The van der Waals surface area contributed by atoms with E-state index in [1.807, 2.05) is 0 Å². The van der Waals surface area contributed by atoms with Gasteiger partial charge in [-0.25, -0.2) is 0 Å². The number of amides is 1. The fraction of sp³-hybridized carbons (Fsp3) is 0.389. The lowest BCUT2D eigenvalue weighted by Gasteiger charge is -2.10. The van der Waals surface area contributed by atoms with Crippen molar-refractivity contribution < 1.29 is 23.0 Å². The van der Waals surface area contributed by atoms with Crippen LogP contribution in [0.1, 0.15) is 43.2 Å². The molecule has 9 heteroatoms. The van der Waals surface area contributed by atoms with Crippen LogP contribution in [0.2, 0.25) is 0 Å². The van der Waals surface area contributed by atoms with Crippen molar-refractivity contribution in [1.82, 2.24) is 10.2 Å². The lowest BCUT2D eigenvalue weighted by atomic mass is 10.1. The Hall–Kier alpha value is -2.55. The van der Waals surface area contributed by atoms with Gasteiger partial charge in [0, 0.05) is 12.0 Å². The third-order valence-electron chi connectivity index (χ3n) is 3.84. The first-order valence-electron chi connectivity index (χ1n) is 8.42. The van der Waals surface area contributed by atoms with Crippen LogP contribution in [0.15, 0.2) is 24.3 Å². The van der Waals surface area contributed by atoms with E-state index in [0.717, 1.165) is 17.8 Å². The Morgan fingerprint density at radius 3 is 2.63 bits per heavy atom. The highest BCUT2D eigenvalue weighted by atomic mass is 32.1. The summed E-state index contributed by atoms with van der Waals surface area (Å²) in [6.45, 7) is 1.23. The topological polar surface area (TPSA) is 73.3 Å². The third-order valence-corrected chi connectivity index (χ3v) is 4.84. The number of aromatic nitrogens is 2. The van der Waals surface area contributed by atoms with Gasteiger partial charge < -0.3 is 9.47 Å². The number of nitrogens with one attached hydrogen (secondary N) is 1. The molecule has 2 rings (SSSR count). The summed E-state index contributed by atoms with van der Waals surface area (Å²) in [6.07, 6.45) is 4.78. The maximum Gasteiger partial charge on any atom is 0.387 e. The Balaban J connectivity index is 2.02. The number of carbonyl (C=O) groups excluding carboxylic acids is 1. The molecular formula is C18H21F2N3O3S. The molecule has 0 aliphatic heterocycles. The average molecular weight is 397 g/mol. The van der Waals surface area contributed by atoms with Crippen molar-refractivity contribution in [2.75, 3.05) is 12.4 Å². The van der Waals surface area contributed by atoms with Crippen LogP contribution in [-0.4, -0.2) is 29.8 Å². The van der Waals surface area contributed by atoms with Crippen LogP contribution < -0.4 is 14.8 Å². The number of benzene rings is 1. The van der Waals surface area contributed by atoms with Gasteiger partial charge in [-0.1, -0.05) is 31.3 Å². The molecule has 0 saturated carbocycles. The number of anilines is 1. The number of hydrogen-bond donors (Lipinski definition) is 1. The van der Waals surface area contributed by atoms with Gasteiger partial charge >= 0.3 is 6.61 Å². The number of carbonyl (C=O) groups is 1. The van der Waals surface area contributed by atoms with Crippen LogP contribution in [0.5, 0.6) is 11.5 Å². The van der Waals surface area contributed by atoms with E-state index in [9.17, 15) is 13.6 Å². The number of halogens is 2. The molecule has 0 radical (unpaired) electrons. The van der Waals surface area contributed by atoms with Crippen LogP contribution in [-0.2, 0) is 4.79 Å². The summed E-state index contributed by atoms with van der Waals surface area (Å²) in [5.74, 6) is 0.0490. The minimum atomic E-state index is -2.94. The molecule has 0 fully saturated rings. The van der Waals surface area contributed by atoms with E-state index in [4.69, 9.17) is 4.74 Å². The molecule has 0 bridgehead atoms. The molecule has 0 saturated heterocycles. The summed E-state index contributed by atoms with van der Waals surface area (Å²) in [7, 11) is 1.35. The Labute approximate surface area is 160 Å². The lowest BCUT2D eigenvalue weighted by molar-refractivity contribution is -0.111. The SMILES string of the molecule is CCC(CC)c1nnc(NC(=O)/C=C/c2ccc(OC(F)F)c(OC)c2)s1. The summed E-state index contributed by atoms with van der Waals surface area (Å²) in [5, 5.41) is 12.1. The van der Waals surface area contributed by atoms with Crippen LogP contribution >= 0.6 is 11.3 Å². The fourth-order valence-electron chi connectivity index (χ4n) is 2.39. The summed E-state index contributed by atoms with van der Waals surface area (Å²) >= 11 is 1.36. The van der Waals surface area contributed by atoms with Crippen LogP contribution in [0.25, 0.3) is 6.08 Å². The third kappa shape index (κ3) is 5.99. The van der Waals surface area contributed by atoms with Crippen LogP contribution in [0.4, 0.5) is 13.9 Å². The van der Waals surface area contributed by atoms with E-state index in [-0.39, 0.29) is 17.4 Å². The molecule has 6 nitrogen and oxygen atoms in total. The van der Waals surface area contributed by atoms with E-state index < -0.39 is 6.61 Å². The van der Waals surface area contributed by atoms with Gasteiger partial charge in [0.2, 0.25) is 11.0 Å². The van der Waals surface area contributed by atoms with Crippen molar-refractivity contribution in [3.63, 3.8) is 0 Å². The molecule has 1 N–H and O–H groups in total. The first-order valence-corrected chi connectivity index (χ1v) is 9.23. The van der Waals surface area contributed by atoms with Crippen molar-refractivity contribution >= 4 is 28.5 Å². The molecular weight excluding hydrogens is 376 g/mol. The molecule has 2 aromatic rings. The van der Waals surface area contributed by atoms with E-state index in [1.165, 1.54) is 42.7 Å². The van der Waals surface area contributed by atoms with Gasteiger partial charge in [-0.3, -0.25) is 10.1 Å². The zero-order chi connectivity index (χ0) is 19.8. The van der Waals surface area contributed by atoms with E-state index >= 15 is 0 Å². The highest BCUT2D eigenvalue weighted by molar-refractivity contribution is 7.15. The predicted molar refractivity (Wildman–Crippen MR) is 101 cm³/mol. The van der Waals surface area contributed by atoms with Crippen molar-refractivity contribution in [3.8, 4) is 11.5 Å². The van der Waals surface area contributed by atoms with Gasteiger partial charge in [0.1, 0.15) is 5.01 Å². The van der Waals surface area contributed by atoms with Gasteiger partial charge in [0.05, 0.1) is 7.11 Å². The fourth-order valence-corrected chi connectivity index (χ4v) is 3.40. The molecule has 0 aliphatic carbocycles. The zero-order valence-corrected chi connectivity index (χ0v) is 16.1. The molecule has 27 heavy (non-hydrogen) atoms. The van der Waals surface area contributed by atoms with Crippen molar-refractivity contribution in [3.05, 3.63) is 34.8 Å². The van der Waals surface area contributed by atoms with Crippen LogP contribution in [0.3, 0.4) is 0 Å². The summed E-state index contributed by atoms with van der Waals surface area (Å²) in [4.78, 5) is 12.1. The lowest BCUT2D eigenvalue weighted by Crippen LogP contribution is -2.07. The minimum Gasteiger partial charge on any atom is -0.493 e. The number of methoxy groups -OCH3 is 1. The highest BCUT2D eigenvalue weighted by Gasteiger charge is 2.14. The summed E-state index contributed by atoms with van der Waals surface area (Å²) in [6, 6.07) is 4.40. The molecule has 0 unspecified atom stereocenters. The number of rotatable bonds is 9. The molecule has 1 aromatic carbocycles. The maximum absolute atomic E-state index is 12.3. The Morgan fingerprint density at radius 2 is 2.00 bits per heavy atom. The summed E-state index contributed by atoms with van der Waals surface area (Å²) in [5.41, 5.74) is 0.596. The van der Waals surface area contributed by atoms with Crippen molar-refractivity contribution in [2.45, 2.75) is 39.2 Å². The van der Waals surface area contributed by atoms with Gasteiger partial charge in [0.25, 0.3) is 0 Å². The standard InChI is InChI=1S/C18H21F2N3O3S/c1-4-12(5-2)16-22-23-18(27-16)21-15(24)9-7-11-6-8-13(26-17(19)20)14(10-11)25-3/h6-10,12,17H,4-5H2,1-3H3,(H,21,23,24)/b9-7+. The van der Waals surface area contributed by atoms with Crippen molar-refractivity contribution in [1.29, 1.82) is 0 Å². The van der Waals surface area contributed by atoms with Gasteiger partial charge in [-0.15, -0.1) is 10.2 Å². The Bertz CT molecular complexity index is 792. The molecule has 0 spiro atoms. The second-order valence-electron chi connectivity index (χ2n) is 5.57. The van der Waals surface area contributed by atoms with E-state index in [2.05, 4.69) is 34.1 Å². The number of alkyl halides is 2. The minimum absolute atomic E-state index is 0.0723. The molecule has 146 valence electrons. The normalized spacial score (nSPS) is 11.4. The number of hydrogen-bond acceptors (Lipinski definition) is 6. The molecule has 1 amide bonds. The van der Waals surface area contributed by atoms with Crippen molar-refractivity contribution in [2.24, 2.45) is 0 Å². The van der Waals surface area contributed by atoms with E-state index in [0.29, 0.717) is 16.6 Å². The summed E-state index contributed by atoms with van der Waals surface area (Å²) < 4.78 is 34.1. The average Bonchev–Trinajstić information content (AvgIpc) is 3.09. The van der Waals surface area contributed by atoms with Gasteiger partial charge in [0.15, 0.2) is 11.5 Å². The van der Waals surface area contributed by atoms with Gasteiger partial charge in [-0.05, 0) is 36.6 Å². The Kier molecular flexibility index (Phi) is 7.66. The Morgan fingerprint density at radius 1 is 1.26 bits per heavy atom. The maximum atomic E-state index is 12.3. The molecule has 0 atom stereocenters. The first-order chi connectivity index (χ1) is 13.0. The second kappa shape index (κ2) is 9.96. The molecule has 1 aromatic heterocycles. The highest BCUT2D eigenvalue weighted by Crippen LogP contribution is 2.30. The smallest absolute Gasteiger partial charge is 0.387 e.